The molecule has 0 spiro atoms. The maximum absolute atomic E-state index is 11.3. The Morgan fingerprint density at radius 3 is 2.69 bits per heavy atom. The third kappa shape index (κ3) is 2.08. The number of aromatic nitrogens is 3. The van der Waals surface area contributed by atoms with Gasteiger partial charge in [-0.15, -0.1) is 0 Å². The molecule has 13 heavy (non-hydrogen) atoms. The standard InChI is InChI=1S/C8H8N4O/c13-7(1-2-12-3-4-12)8-10-5-9-6-11-8/h1-2,5-6H,3-4H2. The van der Waals surface area contributed by atoms with Crippen molar-refractivity contribution in [1.82, 2.24) is 19.9 Å². The van der Waals surface area contributed by atoms with Crippen LogP contribution in [0.4, 0.5) is 0 Å². The van der Waals surface area contributed by atoms with Crippen LogP contribution in [0.15, 0.2) is 24.9 Å². The Bertz CT molecular complexity index is 331. The second-order valence-corrected chi connectivity index (χ2v) is 2.68. The molecule has 1 aliphatic rings. The van der Waals surface area contributed by atoms with E-state index in [1.54, 1.807) is 6.20 Å². The summed E-state index contributed by atoms with van der Waals surface area (Å²) in [6, 6.07) is 0. The van der Waals surface area contributed by atoms with Gasteiger partial charge in [-0.1, -0.05) is 0 Å². The molecule has 0 unspecified atom stereocenters. The van der Waals surface area contributed by atoms with E-state index in [-0.39, 0.29) is 11.6 Å². The summed E-state index contributed by atoms with van der Waals surface area (Å²) in [7, 11) is 0. The van der Waals surface area contributed by atoms with Gasteiger partial charge in [-0.2, -0.15) is 0 Å². The molecule has 1 saturated heterocycles. The molecule has 0 atom stereocenters. The quantitative estimate of drug-likeness (QED) is 0.365. The number of carbonyl (C=O) groups excluding carboxylic acids is 1. The molecule has 66 valence electrons. The van der Waals surface area contributed by atoms with Crippen LogP contribution < -0.4 is 0 Å². The highest BCUT2D eigenvalue weighted by atomic mass is 16.1. The molecule has 0 bridgehead atoms. The van der Waals surface area contributed by atoms with E-state index in [1.807, 2.05) is 4.90 Å². The van der Waals surface area contributed by atoms with Crippen LogP contribution in [0.3, 0.4) is 0 Å². The first-order chi connectivity index (χ1) is 6.36. The number of hydrogen-bond acceptors (Lipinski definition) is 5. The highest BCUT2D eigenvalue weighted by molar-refractivity contribution is 6.01. The van der Waals surface area contributed by atoms with Crippen LogP contribution >= 0.6 is 0 Å². The number of rotatable bonds is 3. The van der Waals surface area contributed by atoms with Gasteiger partial charge in [-0.25, -0.2) is 15.0 Å². The van der Waals surface area contributed by atoms with Gasteiger partial charge in [-0.05, 0) is 0 Å². The van der Waals surface area contributed by atoms with Gasteiger partial charge in [0.1, 0.15) is 12.7 Å². The fourth-order valence-corrected chi connectivity index (χ4v) is 0.821. The minimum absolute atomic E-state index is 0.186. The topological polar surface area (TPSA) is 58.8 Å². The van der Waals surface area contributed by atoms with Crippen LogP contribution in [0.1, 0.15) is 10.6 Å². The van der Waals surface area contributed by atoms with Crippen LogP contribution in [-0.4, -0.2) is 38.7 Å². The molecule has 0 N–H and O–H groups in total. The minimum atomic E-state index is -0.186. The molecule has 1 aromatic rings. The molecule has 0 amide bonds. The van der Waals surface area contributed by atoms with Gasteiger partial charge in [-0.3, -0.25) is 4.79 Å². The lowest BCUT2D eigenvalue weighted by atomic mass is 10.3. The van der Waals surface area contributed by atoms with Crippen LogP contribution in [-0.2, 0) is 0 Å². The molecule has 5 nitrogen and oxygen atoms in total. The predicted octanol–water partition coefficient (Wildman–Crippen LogP) is -0.116. The van der Waals surface area contributed by atoms with Gasteiger partial charge in [0.05, 0.1) is 0 Å². The summed E-state index contributed by atoms with van der Waals surface area (Å²) in [5.41, 5.74) is 0. The van der Waals surface area contributed by atoms with E-state index in [2.05, 4.69) is 15.0 Å². The monoisotopic (exact) mass is 176 g/mol. The van der Waals surface area contributed by atoms with Crippen LogP contribution in [0.2, 0.25) is 0 Å². The summed E-state index contributed by atoms with van der Waals surface area (Å²) in [6.07, 6.45) is 5.85. The van der Waals surface area contributed by atoms with Crippen molar-refractivity contribution < 1.29 is 4.79 Å². The largest absolute Gasteiger partial charge is 0.374 e. The first-order valence-electron chi connectivity index (χ1n) is 3.95. The maximum atomic E-state index is 11.3. The zero-order valence-corrected chi connectivity index (χ0v) is 6.92. The first-order valence-corrected chi connectivity index (χ1v) is 3.95. The van der Waals surface area contributed by atoms with Gasteiger partial charge in [0.15, 0.2) is 0 Å². The SMILES string of the molecule is O=C(C=CN1CC1)c1ncncn1. The molecule has 2 rings (SSSR count). The summed E-state index contributed by atoms with van der Waals surface area (Å²) in [5.74, 6) is 0.00222. The molecule has 0 aliphatic carbocycles. The van der Waals surface area contributed by atoms with Gasteiger partial charge >= 0.3 is 0 Å². The number of carbonyl (C=O) groups is 1. The van der Waals surface area contributed by atoms with E-state index >= 15 is 0 Å². The molecular formula is C8H8N4O. The average molecular weight is 176 g/mol. The Kier molecular flexibility index (Phi) is 1.99. The second-order valence-electron chi connectivity index (χ2n) is 2.68. The highest BCUT2D eigenvalue weighted by Gasteiger charge is 2.12. The van der Waals surface area contributed by atoms with E-state index in [9.17, 15) is 4.79 Å². The van der Waals surface area contributed by atoms with Crippen molar-refractivity contribution in [2.24, 2.45) is 0 Å². The summed E-state index contributed by atoms with van der Waals surface area (Å²) in [5, 5.41) is 0. The zero-order valence-electron chi connectivity index (χ0n) is 6.92. The highest BCUT2D eigenvalue weighted by Crippen LogP contribution is 2.03. The molecule has 0 aromatic carbocycles. The maximum Gasteiger partial charge on any atom is 0.224 e. The van der Waals surface area contributed by atoms with Crippen molar-refractivity contribution in [3.05, 3.63) is 30.8 Å². The molecule has 1 fully saturated rings. The molecule has 1 aliphatic heterocycles. The van der Waals surface area contributed by atoms with Gasteiger partial charge in [0.2, 0.25) is 11.6 Å². The predicted molar refractivity (Wildman–Crippen MR) is 44.9 cm³/mol. The summed E-state index contributed by atoms with van der Waals surface area (Å²) >= 11 is 0. The Morgan fingerprint density at radius 2 is 2.08 bits per heavy atom. The Labute approximate surface area is 75.1 Å². The minimum Gasteiger partial charge on any atom is -0.374 e. The Balaban J connectivity index is 2.04. The van der Waals surface area contributed by atoms with Crippen molar-refractivity contribution in [2.75, 3.05) is 13.1 Å². The van der Waals surface area contributed by atoms with Crippen molar-refractivity contribution in [3.8, 4) is 0 Å². The van der Waals surface area contributed by atoms with Crippen LogP contribution in [0, 0.1) is 0 Å². The Hall–Kier alpha value is -1.78. The number of hydrogen-bond donors (Lipinski definition) is 0. The lowest BCUT2D eigenvalue weighted by molar-refractivity contribution is 0.103. The first kappa shape index (κ1) is 7.85. The normalized spacial score (nSPS) is 14.9. The van der Waals surface area contributed by atoms with Gasteiger partial charge < -0.3 is 4.90 Å². The second kappa shape index (κ2) is 3.30. The van der Waals surface area contributed by atoms with Gasteiger partial charge in [0, 0.05) is 25.4 Å². The fourth-order valence-electron chi connectivity index (χ4n) is 0.821. The zero-order chi connectivity index (χ0) is 9.10. The van der Waals surface area contributed by atoms with E-state index in [0.717, 1.165) is 13.1 Å². The lowest BCUT2D eigenvalue weighted by Crippen LogP contribution is -2.02. The summed E-state index contributed by atoms with van der Waals surface area (Å²) in [4.78, 5) is 24.4. The van der Waals surface area contributed by atoms with Crippen LogP contribution in [0.5, 0.6) is 0 Å². The molecular weight excluding hydrogens is 168 g/mol. The third-order valence-electron chi connectivity index (χ3n) is 1.63. The average Bonchev–Trinajstić information content (AvgIpc) is 2.99. The van der Waals surface area contributed by atoms with Gasteiger partial charge in [0.25, 0.3) is 0 Å². The van der Waals surface area contributed by atoms with E-state index in [0.29, 0.717) is 0 Å². The fraction of sp³-hybridized carbons (Fsp3) is 0.250. The summed E-state index contributed by atoms with van der Waals surface area (Å²) < 4.78 is 0. The molecule has 0 radical (unpaired) electrons. The van der Waals surface area contributed by atoms with Crippen molar-refractivity contribution in [3.63, 3.8) is 0 Å². The van der Waals surface area contributed by atoms with E-state index in [1.165, 1.54) is 18.7 Å². The smallest absolute Gasteiger partial charge is 0.224 e. The Morgan fingerprint density at radius 1 is 1.38 bits per heavy atom. The number of ketones is 1. The molecule has 5 heteroatoms. The van der Waals surface area contributed by atoms with Crippen molar-refractivity contribution >= 4 is 5.78 Å². The number of allylic oxidation sites excluding steroid dienone is 1. The summed E-state index contributed by atoms with van der Waals surface area (Å²) in [6.45, 7) is 2.06. The molecule has 2 heterocycles. The van der Waals surface area contributed by atoms with E-state index in [4.69, 9.17) is 0 Å². The third-order valence-corrected chi connectivity index (χ3v) is 1.63. The van der Waals surface area contributed by atoms with Crippen molar-refractivity contribution in [2.45, 2.75) is 0 Å². The number of nitrogens with zero attached hydrogens (tertiary/aromatic N) is 4. The lowest BCUT2D eigenvalue weighted by Gasteiger charge is -1.91. The van der Waals surface area contributed by atoms with E-state index < -0.39 is 0 Å². The van der Waals surface area contributed by atoms with Crippen molar-refractivity contribution in [1.29, 1.82) is 0 Å². The molecule has 1 aromatic heterocycles. The molecule has 0 saturated carbocycles. The van der Waals surface area contributed by atoms with Crippen LogP contribution in [0.25, 0.3) is 0 Å².